The molecule has 1 aliphatic rings. The lowest BCUT2D eigenvalue weighted by Gasteiger charge is -2.17. The molecule has 0 saturated carbocycles. The van der Waals surface area contributed by atoms with Crippen LogP contribution in [0.2, 0.25) is 0 Å². The van der Waals surface area contributed by atoms with Gasteiger partial charge in [-0.25, -0.2) is 0 Å². The van der Waals surface area contributed by atoms with Gasteiger partial charge in [0.05, 0.1) is 13.2 Å². The lowest BCUT2D eigenvalue weighted by molar-refractivity contribution is -0.100. The van der Waals surface area contributed by atoms with Crippen LogP contribution in [0.5, 0.6) is 0 Å². The summed E-state index contributed by atoms with van der Waals surface area (Å²) in [6.07, 6.45) is 2.00. The van der Waals surface area contributed by atoms with Gasteiger partial charge < -0.3 is 9.47 Å². The molecule has 0 spiro atoms. The van der Waals surface area contributed by atoms with Crippen LogP contribution in [0, 0.1) is 0 Å². The first-order valence-corrected chi connectivity index (χ1v) is 3.56. The highest BCUT2D eigenvalue weighted by Crippen LogP contribution is 2.21. The van der Waals surface area contributed by atoms with Crippen LogP contribution in [0.4, 0.5) is 0 Å². The molecule has 0 radical (unpaired) electrons. The molecule has 1 rings (SSSR count). The van der Waals surface area contributed by atoms with Gasteiger partial charge in [-0.1, -0.05) is 5.57 Å². The molecule has 58 valence electrons. The fourth-order valence-electron chi connectivity index (χ4n) is 1.14. The lowest BCUT2D eigenvalue weighted by Crippen LogP contribution is -2.22. The van der Waals surface area contributed by atoms with E-state index in [2.05, 4.69) is 0 Å². The molecule has 0 amide bonds. The summed E-state index contributed by atoms with van der Waals surface area (Å²) in [4.78, 5) is 0. The van der Waals surface area contributed by atoms with Crippen molar-refractivity contribution in [2.45, 2.75) is 26.6 Å². The van der Waals surface area contributed by atoms with Gasteiger partial charge in [-0.05, 0) is 26.8 Å². The molecule has 0 aromatic carbocycles. The second-order valence-electron chi connectivity index (χ2n) is 2.93. The van der Waals surface area contributed by atoms with Gasteiger partial charge in [0.2, 0.25) is 0 Å². The molecular weight excluding hydrogens is 128 g/mol. The van der Waals surface area contributed by atoms with Crippen molar-refractivity contribution in [2.24, 2.45) is 0 Å². The van der Waals surface area contributed by atoms with Gasteiger partial charge in [0, 0.05) is 0 Å². The van der Waals surface area contributed by atoms with Gasteiger partial charge in [0.15, 0.2) is 5.79 Å². The summed E-state index contributed by atoms with van der Waals surface area (Å²) in [6.45, 7) is 7.43. The highest BCUT2D eigenvalue weighted by molar-refractivity contribution is 5.02. The molecule has 10 heavy (non-hydrogen) atoms. The summed E-state index contributed by atoms with van der Waals surface area (Å²) >= 11 is 0. The zero-order valence-electron chi connectivity index (χ0n) is 6.81. The van der Waals surface area contributed by atoms with Crippen molar-refractivity contribution in [1.29, 1.82) is 0 Å². The quantitative estimate of drug-likeness (QED) is 0.519. The molecule has 0 N–H and O–H groups in total. The van der Waals surface area contributed by atoms with Crippen LogP contribution >= 0.6 is 0 Å². The monoisotopic (exact) mass is 142 g/mol. The highest BCUT2D eigenvalue weighted by atomic mass is 16.7. The maximum absolute atomic E-state index is 5.35. The number of rotatable bonds is 1. The first-order valence-electron chi connectivity index (χ1n) is 3.56. The minimum Gasteiger partial charge on any atom is -0.344 e. The van der Waals surface area contributed by atoms with E-state index in [9.17, 15) is 0 Å². The minimum absolute atomic E-state index is 0.446. The van der Waals surface area contributed by atoms with Gasteiger partial charge >= 0.3 is 0 Å². The number of ether oxygens (including phenoxy) is 2. The largest absolute Gasteiger partial charge is 0.344 e. The Morgan fingerprint density at radius 3 is 2.20 bits per heavy atom. The van der Waals surface area contributed by atoms with E-state index in [0.29, 0.717) is 13.2 Å². The highest BCUT2D eigenvalue weighted by Gasteiger charge is 2.27. The molecule has 1 aliphatic heterocycles. The van der Waals surface area contributed by atoms with Crippen LogP contribution < -0.4 is 0 Å². The average Bonchev–Trinajstić information content (AvgIpc) is 2.12. The van der Waals surface area contributed by atoms with Crippen LogP contribution in [0.1, 0.15) is 20.8 Å². The summed E-state index contributed by atoms with van der Waals surface area (Å²) in [5, 5.41) is 0. The Hall–Kier alpha value is -0.340. The van der Waals surface area contributed by atoms with Gasteiger partial charge in [-0.2, -0.15) is 0 Å². The molecule has 2 heteroatoms. The SMILES string of the molecule is CC(C)=CC1(C)OCCO1. The zero-order chi connectivity index (χ0) is 7.61. The number of allylic oxidation sites excluding steroid dienone is 1. The Labute approximate surface area is 61.8 Å². The molecule has 0 aromatic heterocycles. The Morgan fingerprint density at radius 1 is 1.30 bits per heavy atom. The molecule has 0 aliphatic carbocycles. The van der Waals surface area contributed by atoms with E-state index in [1.54, 1.807) is 0 Å². The smallest absolute Gasteiger partial charge is 0.185 e. The third-order valence-electron chi connectivity index (χ3n) is 1.41. The van der Waals surface area contributed by atoms with E-state index in [-0.39, 0.29) is 0 Å². The molecular formula is C8H14O2. The molecule has 0 atom stereocenters. The van der Waals surface area contributed by atoms with Gasteiger partial charge in [0.1, 0.15) is 0 Å². The van der Waals surface area contributed by atoms with E-state index in [1.165, 1.54) is 5.57 Å². The summed E-state index contributed by atoms with van der Waals surface area (Å²) in [5.74, 6) is -0.446. The third kappa shape index (κ3) is 1.82. The zero-order valence-corrected chi connectivity index (χ0v) is 6.81. The van der Waals surface area contributed by atoms with E-state index in [4.69, 9.17) is 9.47 Å². The van der Waals surface area contributed by atoms with Crippen LogP contribution in [-0.2, 0) is 9.47 Å². The van der Waals surface area contributed by atoms with Crippen LogP contribution in [0.15, 0.2) is 11.6 Å². The third-order valence-corrected chi connectivity index (χ3v) is 1.41. The van der Waals surface area contributed by atoms with Gasteiger partial charge in [0.25, 0.3) is 0 Å². The first kappa shape index (κ1) is 7.76. The second kappa shape index (κ2) is 2.72. The predicted molar refractivity (Wildman–Crippen MR) is 39.7 cm³/mol. The molecule has 1 heterocycles. The van der Waals surface area contributed by atoms with Gasteiger partial charge in [-0.15, -0.1) is 0 Å². The maximum atomic E-state index is 5.35. The van der Waals surface area contributed by atoms with E-state index in [1.807, 2.05) is 26.8 Å². The fourth-order valence-corrected chi connectivity index (χ4v) is 1.14. The van der Waals surface area contributed by atoms with E-state index < -0.39 is 5.79 Å². The Kier molecular flexibility index (Phi) is 2.11. The minimum atomic E-state index is -0.446. The standard InChI is InChI=1S/C8H14O2/c1-7(2)6-8(3)9-4-5-10-8/h6H,4-5H2,1-3H3. The molecule has 0 unspecified atom stereocenters. The molecule has 0 bridgehead atoms. The number of hydrogen-bond donors (Lipinski definition) is 0. The molecule has 1 saturated heterocycles. The van der Waals surface area contributed by atoms with Crippen molar-refractivity contribution in [3.63, 3.8) is 0 Å². The van der Waals surface area contributed by atoms with Crippen LogP contribution in [0.3, 0.4) is 0 Å². The van der Waals surface area contributed by atoms with Crippen LogP contribution in [0.25, 0.3) is 0 Å². The topological polar surface area (TPSA) is 18.5 Å². The van der Waals surface area contributed by atoms with E-state index in [0.717, 1.165) is 0 Å². The predicted octanol–water partition coefficient (Wildman–Crippen LogP) is 1.72. The summed E-state index contributed by atoms with van der Waals surface area (Å²) in [7, 11) is 0. The Bertz CT molecular complexity index is 139. The lowest BCUT2D eigenvalue weighted by atomic mass is 10.2. The Morgan fingerprint density at radius 2 is 1.80 bits per heavy atom. The van der Waals surface area contributed by atoms with Crippen molar-refractivity contribution < 1.29 is 9.47 Å². The van der Waals surface area contributed by atoms with Crippen molar-refractivity contribution in [3.8, 4) is 0 Å². The van der Waals surface area contributed by atoms with Crippen LogP contribution in [-0.4, -0.2) is 19.0 Å². The fraction of sp³-hybridized carbons (Fsp3) is 0.750. The summed E-state index contributed by atoms with van der Waals surface area (Å²) in [5.41, 5.74) is 1.23. The van der Waals surface area contributed by atoms with Crippen molar-refractivity contribution in [1.82, 2.24) is 0 Å². The number of hydrogen-bond acceptors (Lipinski definition) is 2. The molecule has 2 nitrogen and oxygen atoms in total. The van der Waals surface area contributed by atoms with Crippen molar-refractivity contribution in [2.75, 3.05) is 13.2 Å². The molecule has 1 fully saturated rings. The average molecular weight is 142 g/mol. The second-order valence-corrected chi connectivity index (χ2v) is 2.93. The summed E-state index contributed by atoms with van der Waals surface area (Å²) < 4.78 is 10.7. The van der Waals surface area contributed by atoms with Crippen molar-refractivity contribution >= 4 is 0 Å². The normalized spacial score (nSPS) is 22.7. The summed E-state index contributed by atoms with van der Waals surface area (Å²) in [6, 6.07) is 0. The van der Waals surface area contributed by atoms with Crippen molar-refractivity contribution in [3.05, 3.63) is 11.6 Å². The maximum Gasteiger partial charge on any atom is 0.185 e. The van der Waals surface area contributed by atoms with E-state index >= 15 is 0 Å². The molecule has 0 aromatic rings. The first-order chi connectivity index (χ1) is 4.62. The Balaban J connectivity index is 2.59. The van der Waals surface area contributed by atoms with Gasteiger partial charge in [-0.3, -0.25) is 0 Å².